The van der Waals surface area contributed by atoms with Gasteiger partial charge >= 0.3 is 0 Å². The first-order valence-corrected chi connectivity index (χ1v) is 6.71. The highest BCUT2D eigenvalue weighted by molar-refractivity contribution is 5.52. The number of ether oxygens (including phenoxy) is 1. The Balaban J connectivity index is 3.04. The van der Waals surface area contributed by atoms with Gasteiger partial charge in [0.1, 0.15) is 5.75 Å². The number of rotatable bonds is 7. The largest absolute Gasteiger partial charge is 0.497 e. The number of hydrogen-bond acceptors (Lipinski definition) is 3. The zero-order valence-electron chi connectivity index (χ0n) is 12.1. The van der Waals surface area contributed by atoms with Crippen molar-refractivity contribution in [3.05, 3.63) is 24.3 Å². The molecule has 0 aliphatic carbocycles. The number of benzene rings is 1. The number of nitrogens with zero attached hydrogens (tertiary/aromatic N) is 1. The van der Waals surface area contributed by atoms with Gasteiger partial charge in [-0.05, 0) is 25.0 Å². The maximum absolute atomic E-state index is 6.04. The molecule has 0 saturated heterocycles. The molecule has 0 fully saturated rings. The maximum atomic E-state index is 6.04. The minimum Gasteiger partial charge on any atom is -0.497 e. The summed E-state index contributed by atoms with van der Waals surface area (Å²) in [6.45, 7) is 5.09. The second kappa shape index (κ2) is 6.64. The minimum atomic E-state index is 0.0428. The van der Waals surface area contributed by atoms with E-state index in [0.717, 1.165) is 30.7 Å². The molecule has 0 aliphatic heterocycles. The summed E-state index contributed by atoms with van der Waals surface area (Å²) in [4.78, 5) is 2.30. The Kier molecular flexibility index (Phi) is 5.48. The van der Waals surface area contributed by atoms with Crippen LogP contribution in [0.4, 0.5) is 5.69 Å². The van der Waals surface area contributed by atoms with E-state index in [1.165, 1.54) is 0 Å². The molecule has 3 heteroatoms. The van der Waals surface area contributed by atoms with Crippen LogP contribution >= 0.6 is 0 Å². The highest BCUT2D eigenvalue weighted by Gasteiger charge is 2.30. The van der Waals surface area contributed by atoms with Crippen LogP contribution < -0.4 is 15.4 Å². The van der Waals surface area contributed by atoms with E-state index < -0.39 is 0 Å². The quantitative estimate of drug-likeness (QED) is 0.808. The third kappa shape index (κ3) is 2.96. The zero-order valence-corrected chi connectivity index (χ0v) is 12.1. The van der Waals surface area contributed by atoms with Crippen molar-refractivity contribution in [3.8, 4) is 5.75 Å². The Morgan fingerprint density at radius 2 is 2.06 bits per heavy atom. The van der Waals surface area contributed by atoms with Gasteiger partial charge in [-0.2, -0.15) is 0 Å². The van der Waals surface area contributed by atoms with Gasteiger partial charge in [0.05, 0.1) is 12.6 Å². The van der Waals surface area contributed by atoms with E-state index in [4.69, 9.17) is 10.5 Å². The predicted octanol–water partition coefficient (Wildman–Crippen LogP) is 3.04. The first kappa shape index (κ1) is 14.8. The lowest BCUT2D eigenvalue weighted by atomic mass is 9.88. The minimum absolute atomic E-state index is 0.0428. The summed E-state index contributed by atoms with van der Waals surface area (Å²) in [6.07, 6.45) is 3.29. The van der Waals surface area contributed by atoms with Crippen LogP contribution in [0.15, 0.2) is 24.3 Å². The predicted molar refractivity (Wildman–Crippen MR) is 78.4 cm³/mol. The first-order chi connectivity index (χ1) is 8.63. The second-order valence-electron chi connectivity index (χ2n) is 4.79. The van der Waals surface area contributed by atoms with Gasteiger partial charge < -0.3 is 15.4 Å². The van der Waals surface area contributed by atoms with Crippen LogP contribution in [0, 0.1) is 0 Å². The number of anilines is 1. The number of hydrogen-bond donors (Lipinski definition) is 1. The number of nitrogens with two attached hydrogens (primary N) is 1. The lowest BCUT2D eigenvalue weighted by molar-refractivity contribution is 0.365. The molecule has 1 atom stereocenters. The summed E-state index contributed by atoms with van der Waals surface area (Å²) < 4.78 is 5.29. The van der Waals surface area contributed by atoms with Gasteiger partial charge in [0.25, 0.3) is 0 Å². The topological polar surface area (TPSA) is 38.5 Å². The van der Waals surface area contributed by atoms with E-state index in [1.54, 1.807) is 7.11 Å². The molecule has 1 rings (SSSR count). The Morgan fingerprint density at radius 1 is 1.33 bits per heavy atom. The second-order valence-corrected chi connectivity index (χ2v) is 4.79. The standard InChI is InChI=1S/C15H26N2O/c1-5-10-15(6-2,12-16)17(3)13-8-7-9-14(11-13)18-4/h7-9,11H,5-6,10,12,16H2,1-4H3. The van der Waals surface area contributed by atoms with E-state index in [0.29, 0.717) is 6.54 Å². The van der Waals surface area contributed by atoms with Gasteiger partial charge in [-0.25, -0.2) is 0 Å². The first-order valence-electron chi connectivity index (χ1n) is 6.71. The van der Waals surface area contributed by atoms with Crippen molar-refractivity contribution >= 4 is 5.69 Å². The van der Waals surface area contributed by atoms with Crippen LogP contribution in [0.3, 0.4) is 0 Å². The van der Waals surface area contributed by atoms with E-state index in [2.05, 4.69) is 37.9 Å². The SMILES string of the molecule is CCCC(CC)(CN)N(C)c1cccc(OC)c1. The maximum Gasteiger partial charge on any atom is 0.120 e. The zero-order chi connectivity index (χ0) is 13.6. The van der Waals surface area contributed by atoms with Crippen molar-refractivity contribution in [2.24, 2.45) is 5.73 Å². The van der Waals surface area contributed by atoms with Crippen molar-refractivity contribution in [1.29, 1.82) is 0 Å². The smallest absolute Gasteiger partial charge is 0.120 e. The highest BCUT2D eigenvalue weighted by atomic mass is 16.5. The van der Waals surface area contributed by atoms with E-state index in [-0.39, 0.29) is 5.54 Å². The molecule has 2 N–H and O–H groups in total. The molecule has 3 nitrogen and oxygen atoms in total. The summed E-state index contributed by atoms with van der Waals surface area (Å²) in [5.41, 5.74) is 7.25. The van der Waals surface area contributed by atoms with Crippen molar-refractivity contribution < 1.29 is 4.74 Å². The molecule has 1 unspecified atom stereocenters. The van der Waals surface area contributed by atoms with Crippen LogP contribution in [0.5, 0.6) is 5.75 Å². The Bertz CT molecular complexity index is 361. The summed E-state index contributed by atoms with van der Waals surface area (Å²) in [7, 11) is 3.82. The van der Waals surface area contributed by atoms with Crippen LogP contribution in [0.2, 0.25) is 0 Å². The van der Waals surface area contributed by atoms with Gasteiger partial charge in [-0.3, -0.25) is 0 Å². The summed E-state index contributed by atoms with van der Waals surface area (Å²) in [5, 5.41) is 0. The molecule has 1 aromatic rings. The van der Waals surface area contributed by atoms with Crippen LogP contribution in [-0.2, 0) is 0 Å². The van der Waals surface area contributed by atoms with Gasteiger partial charge in [-0.1, -0.05) is 26.3 Å². The fraction of sp³-hybridized carbons (Fsp3) is 0.600. The Hall–Kier alpha value is -1.22. The Labute approximate surface area is 111 Å². The fourth-order valence-corrected chi connectivity index (χ4v) is 2.52. The number of methoxy groups -OCH3 is 1. The molecule has 0 heterocycles. The van der Waals surface area contributed by atoms with Crippen LogP contribution in [-0.4, -0.2) is 26.2 Å². The third-order valence-corrected chi connectivity index (χ3v) is 3.91. The van der Waals surface area contributed by atoms with Gasteiger partial charge in [0, 0.05) is 25.3 Å². The van der Waals surface area contributed by atoms with E-state index in [9.17, 15) is 0 Å². The van der Waals surface area contributed by atoms with Gasteiger partial charge in [0.2, 0.25) is 0 Å². The van der Waals surface area contributed by atoms with Gasteiger partial charge in [-0.15, -0.1) is 0 Å². The average Bonchev–Trinajstić information content (AvgIpc) is 2.44. The Morgan fingerprint density at radius 3 is 2.56 bits per heavy atom. The van der Waals surface area contributed by atoms with Crippen molar-refractivity contribution in [3.63, 3.8) is 0 Å². The molecule has 18 heavy (non-hydrogen) atoms. The normalized spacial score (nSPS) is 14.1. The van der Waals surface area contributed by atoms with Crippen LogP contribution in [0.1, 0.15) is 33.1 Å². The molecule has 0 aliphatic rings. The molecule has 0 amide bonds. The molecule has 0 radical (unpaired) electrons. The lowest BCUT2D eigenvalue weighted by Crippen LogP contribution is -2.52. The summed E-state index contributed by atoms with van der Waals surface area (Å²) in [5.74, 6) is 0.887. The molecular formula is C15H26N2O. The van der Waals surface area contributed by atoms with Crippen LogP contribution in [0.25, 0.3) is 0 Å². The molecular weight excluding hydrogens is 224 g/mol. The molecule has 0 saturated carbocycles. The van der Waals surface area contributed by atoms with Crippen molar-refractivity contribution in [1.82, 2.24) is 0 Å². The molecule has 1 aromatic carbocycles. The summed E-state index contributed by atoms with van der Waals surface area (Å²) in [6, 6.07) is 8.16. The molecule has 0 bridgehead atoms. The third-order valence-electron chi connectivity index (χ3n) is 3.91. The highest BCUT2D eigenvalue weighted by Crippen LogP contribution is 2.30. The van der Waals surface area contributed by atoms with Crippen molar-refractivity contribution in [2.75, 3.05) is 25.6 Å². The monoisotopic (exact) mass is 250 g/mol. The van der Waals surface area contributed by atoms with E-state index in [1.807, 2.05) is 12.1 Å². The molecule has 0 spiro atoms. The lowest BCUT2D eigenvalue weighted by Gasteiger charge is -2.42. The molecule has 0 aromatic heterocycles. The van der Waals surface area contributed by atoms with E-state index >= 15 is 0 Å². The fourth-order valence-electron chi connectivity index (χ4n) is 2.52. The van der Waals surface area contributed by atoms with Crippen molar-refractivity contribution in [2.45, 2.75) is 38.6 Å². The summed E-state index contributed by atoms with van der Waals surface area (Å²) >= 11 is 0. The number of likely N-dealkylation sites (N-methyl/N-ethyl adjacent to an activating group) is 1. The average molecular weight is 250 g/mol. The molecule has 102 valence electrons. The van der Waals surface area contributed by atoms with Gasteiger partial charge in [0.15, 0.2) is 0 Å².